The third-order valence-corrected chi connectivity index (χ3v) is 2.17. The van der Waals surface area contributed by atoms with Crippen molar-refractivity contribution >= 4 is 17.5 Å². The number of rotatable bonds is 0. The minimum atomic E-state index is -0.0521. The van der Waals surface area contributed by atoms with Crippen molar-refractivity contribution in [1.29, 1.82) is 0 Å². The van der Waals surface area contributed by atoms with Crippen LogP contribution in [0.1, 0.15) is 10.4 Å². The second-order valence-corrected chi connectivity index (χ2v) is 3.35. The first-order valence-electron chi connectivity index (χ1n) is 3.86. The molecular formula is C9H8ClNO2. The lowest BCUT2D eigenvalue weighted by Crippen LogP contribution is -2.35. The van der Waals surface area contributed by atoms with Crippen LogP contribution in [0.5, 0.6) is 5.75 Å². The fourth-order valence-corrected chi connectivity index (χ4v) is 1.40. The molecule has 1 aliphatic rings. The van der Waals surface area contributed by atoms with E-state index in [0.29, 0.717) is 23.1 Å². The molecule has 1 amide bonds. The third-order valence-electron chi connectivity index (χ3n) is 1.93. The third kappa shape index (κ3) is 1.35. The van der Waals surface area contributed by atoms with Crippen LogP contribution >= 0.6 is 11.6 Å². The van der Waals surface area contributed by atoms with Crippen LogP contribution in [-0.2, 0) is 0 Å². The van der Waals surface area contributed by atoms with Gasteiger partial charge in [-0.05, 0) is 18.2 Å². The largest absolute Gasteiger partial charge is 0.472 e. The molecular weight excluding hydrogens is 190 g/mol. The number of hydrogen-bond donors (Lipinski definition) is 0. The van der Waals surface area contributed by atoms with Gasteiger partial charge in [-0.15, -0.1) is 0 Å². The summed E-state index contributed by atoms with van der Waals surface area (Å²) in [6.45, 7) is 0.299. The van der Waals surface area contributed by atoms with Gasteiger partial charge in [-0.2, -0.15) is 0 Å². The quantitative estimate of drug-likeness (QED) is 0.634. The summed E-state index contributed by atoms with van der Waals surface area (Å²) in [5.74, 6) is 0.552. The van der Waals surface area contributed by atoms with E-state index in [1.807, 2.05) is 0 Å². The van der Waals surface area contributed by atoms with E-state index in [2.05, 4.69) is 0 Å². The minimum absolute atomic E-state index is 0.0521. The van der Waals surface area contributed by atoms with Crippen LogP contribution in [0.2, 0.25) is 5.02 Å². The molecule has 68 valence electrons. The Morgan fingerprint density at radius 2 is 2.31 bits per heavy atom. The summed E-state index contributed by atoms with van der Waals surface area (Å²) in [7, 11) is 1.69. The van der Waals surface area contributed by atoms with Crippen LogP contribution in [0.3, 0.4) is 0 Å². The van der Waals surface area contributed by atoms with Crippen LogP contribution in [0.25, 0.3) is 0 Å². The Hall–Kier alpha value is -1.22. The Balaban J connectivity index is 2.51. The van der Waals surface area contributed by atoms with Gasteiger partial charge in [-0.1, -0.05) is 11.6 Å². The molecule has 1 heterocycles. The molecule has 0 aromatic heterocycles. The van der Waals surface area contributed by atoms with Crippen molar-refractivity contribution in [2.45, 2.75) is 0 Å². The first-order chi connectivity index (χ1) is 6.18. The van der Waals surface area contributed by atoms with Crippen molar-refractivity contribution in [3.8, 4) is 5.75 Å². The second kappa shape index (κ2) is 2.92. The number of hydrogen-bond acceptors (Lipinski definition) is 2. The standard InChI is InChI=1S/C9H8ClNO2/c1-11-5-13-8-3-2-6(10)4-7(8)9(11)12/h2-4H,5H2,1H3. The highest BCUT2D eigenvalue weighted by atomic mass is 35.5. The normalized spacial score (nSPS) is 15.2. The summed E-state index contributed by atoms with van der Waals surface area (Å²) in [5, 5.41) is 0.547. The Morgan fingerprint density at radius 1 is 1.54 bits per heavy atom. The Kier molecular flexibility index (Phi) is 1.88. The fraction of sp³-hybridized carbons (Fsp3) is 0.222. The molecule has 0 radical (unpaired) electrons. The Morgan fingerprint density at radius 3 is 3.08 bits per heavy atom. The summed E-state index contributed by atoms with van der Waals surface area (Å²) in [6.07, 6.45) is 0. The van der Waals surface area contributed by atoms with Gasteiger partial charge in [0.2, 0.25) is 0 Å². The Bertz CT molecular complexity index is 365. The van der Waals surface area contributed by atoms with Crippen LogP contribution in [0.15, 0.2) is 18.2 Å². The smallest absolute Gasteiger partial charge is 0.260 e. The number of fused-ring (bicyclic) bond motifs is 1. The van der Waals surface area contributed by atoms with E-state index in [1.165, 1.54) is 4.90 Å². The molecule has 2 rings (SSSR count). The molecule has 0 aliphatic carbocycles. The maximum atomic E-state index is 11.6. The van der Waals surface area contributed by atoms with Gasteiger partial charge in [0, 0.05) is 12.1 Å². The zero-order valence-corrected chi connectivity index (χ0v) is 7.84. The Labute approximate surface area is 80.9 Å². The lowest BCUT2D eigenvalue weighted by Gasteiger charge is -2.25. The van der Waals surface area contributed by atoms with Crippen LogP contribution < -0.4 is 4.74 Å². The molecule has 0 unspecified atom stereocenters. The van der Waals surface area contributed by atoms with Crippen LogP contribution in [0, 0.1) is 0 Å². The topological polar surface area (TPSA) is 29.5 Å². The second-order valence-electron chi connectivity index (χ2n) is 2.92. The van der Waals surface area contributed by atoms with Gasteiger partial charge in [0.25, 0.3) is 5.91 Å². The molecule has 13 heavy (non-hydrogen) atoms. The number of nitrogens with zero attached hydrogens (tertiary/aromatic N) is 1. The summed E-state index contributed by atoms with van der Waals surface area (Å²) in [4.78, 5) is 13.1. The predicted molar refractivity (Wildman–Crippen MR) is 49.0 cm³/mol. The van der Waals surface area contributed by atoms with E-state index in [4.69, 9.17) is 16.3 Å². The average Bonchev–Trinajstić information content (AvgIpc) is 2.12. The van der Waals surface area contributed by atoms with Crippen molar-refractivity contribution in [2.24, 2.45) is 0 Å². The lowest BCUT2D eigenvalue weighted by atomic mass is 10.1. The molecule has 0 spiro atoms. The molecule has 0 bridgehead atoms. The molecule has 0 atom stereocenters. The summed E-state index contributed by atoms with van der Waals surface area (Å²) < 4.78 is 5.31. The highest BCUT2D eigenvalue weighted by Gasteiger charge is 2.22. The summed E-state index contributed by atoms with van der Waals surface area (Å²) in [5.41, 5.74) is 0.529. The van der Waals surface area contributed by atoms with Crippen LogP contribution in [-0.4, -0.2) is 24.6 Å². The molecule has 1 aliphatic heterocycles. The van der Waals surface area contributed by atoms with Gasteiger partial charge < -0.3 is 9.64 Å². The highest BCUT2D eigenvalue weighted by Crippen LogP contribution is 2.26. The number of carbonyl (C=O) groups is 1. The predicted octanol–water partition coefficient (Wildman–Crippen LogP) is 1.76. The van der Waals surface area contributed by atoms with E-state index in [1.54, 1.807) is 25.2 Å². The van der Waals surface area contributed by atoms with Gasteiger partial charge in [0.05, 0.1) is 5.56 Å². The lowest BCUT2D eigenvalue weighted by molar-refractivity contribution is 0.0595. The molecule has 0 saturated carbocycles. The maximum absolute atomic E-state index is 11.6. The highest BCUT2D eigenvalue weighted by molar-refractivity contribution is 6.31. The van der Waals surface area contributed by atoms with Gasteiger partial charge in [0.1, 0.15) is 5.75 Å². The van der Waals surface area contributed by atoms with Gasteiger partial charge in [-0.3, -0.25) is 4.79 Å². The average molecular weight is 198 g/mol. The fourth-order valence-electron chi connectivity index (χ4n) is 1.23. The van der Waals surface area contributed by atoms with Gasteiger partial charge in [-0.25, -0.2) is 0 Å². The molecule has 1 aromatic rings. The molecule has 0 saturated heterocycles. The number of carbonyl (C=O) groups excluding carboxylic acids is 1. The number of benzene rings is 1. The van der Waals surface area contributed by atoms with Gasteiger partial charge in [0.15, 0.2) is 6.73 Å². The molecule has 0 fully saturated rings. The van der Waals surface area contributed by atoms with Crippen LogP contribution in [0.4, 0.5) is 0 Å². The number of halogens is 1. The summed E-state index contributed by atoms with van der Waals surface area (Å²) >= 11 is 5.76. The first kappa shape index (κ1) is 8.38. The molecule has 4 heteroatoms. The van der Waals surface area contributed by atoms with Crippen molar-refractivity contribution < 1.29 is 9.53 Å². The zero-order chi connectivity index (χ0) is 9.42. The summed E-state index contributed by atoms with van der Waals surface area (Å²) in [6, 6.07) is 5.04. The SMILES string of the molecule is CN1COc2ccc(Cl)cc2C1=O. The maximum Gasteiger partial charge on any atom is 0.260 e. The van der Waals surface area contributed by atoms with Gasteiger partial charge >= 0.3 is 0 Å². The van der Waals surface area contributed by atoms with Crippen molar-refractivity contribution in [3.63, 3.8) is 0 Å². The first-order valence-corrected chi connectivity index (χ1v) is 4.24. The van der Waals surface area contributed by atoms with E-state index in [0.717, 1.165) is 0 Å². The van der Waals surface area contributed by atoms with Crippen molar-refractivity contribution in [2.75, 3.05) is 13.8 Å². The molecule has 0 N–H and O–H groups in total. The number of ether oxygens (including phenoxy) is 1. The van der Waals surface area contributed by atoms with Crippen molar-refractivity contribution in [1.82, 2.24) is 4.90 Å². The monoisotopic (exact) mass is 197 g/mol. The van der Waals surface area contributed by atoms with E-state index >= 15 is 0 Å². The molecule has 3 nitrogen and oxygen atoms in total. The van der Waals surface area contributed by atoms with E-state index in [-0.39, 0.29) is 5.91 Å². The zero-order valence-electron chi connectivity index (χ0n) is 7.08. The van der Waals surface area contributed by atoms with E-state index < -0.39 is 0 Å². The minimum Gasteiger partial charge on any atom is -0.472 e. The number of amides is 1. The molecule has 1 aromatic carbocycles. The van der Waals surface area contributed by atoms with Crippen molar-refractivity contribution in [3.05, 3.63) is 28.8 Å². The van der Waals surface area contributed by atoms with E-state index in [9.17, 15) is 4.79 Å².